The van der Waals surface area contributed by atoms with Crippen molar-refractivity contribution < 1.29 is 9.53 Å². The molecule has 174 valence electrons. The Balaban J connectivity index is 1.89. The van der Waals surface area contributed by atoms with Crippen LogP contribution in [0.3, 0.4) is 0 Å². The Labute approximate surface area is 198 Å². The third-order valence-electron chi connectivity index (χ3n) is 6.64. The molecule has 5 rings (SSSR count). The first kappa shape index (κ1) is 22.0. The maximum absolute atomic E-state index is 12.2. The second-order valence-electron chi connectivity index (χ2n) is 8.92. The molecule has 1 aliphatic rings. The van der Waals surface area contributed by atoms with E-state index < -0.39 is 5.91 Å². The molecule has 8 heteroatoms. The van der Waals surface area contributed by atoms with Crippen LogP contribution < -0.4 is 10.6 Å². The fraction of sp³-hybridized carbons (Fsp3) is 0.308. The highest BCUT2D eigenvalue weighted by molar-refractivity contribution is 6.06. The van der Waals surface area contributed by atoms with Crippen molar-refractivity contribution in [3.8, 4) is 22.5 Å². The number of carbonyl (C=O) groups is 1. The van der Waals surface area contributed by atoms with Crippen LogP contribution in [-0.2, 0) is 4.74 Å². The summed E-state index contributed by atoms with van der Waals surface area (Å²) in [6.07, 6.45) is 3.57. The molecular formula is C26H28N6O2. The highest BCUT2D eigenvalue weighted by Gasteiger charge is 2.25. The molecule has 1 amide bonds. The topological polar surface area (TPSA) is 110 Å². The molecule has 0 unspecified atom stereocenters. The number of H-pyrrole nitrogens is 1. The fourth-order valence-corrected chi connectivity index (χ4v) is 4.91. The summed E-state index contributed by atoms with van der Waals surface area (Å²) in [6.45, 7) is 10.2. The number of nitrogens with two attached hydrogens (primary N) is 1. The van der Waals surface area contributed by atoms with E-state index in [1.54, 1.807) is 12.3 Å². The van der Waals surface area contributed by atoms with Gasteiger partial charge in [0.1, 0.15) is 17.0 Å². The van der Waals surface area contributed by atoms with Gasteiger partial charge in [0.2, 0.25) is 5.91 Å². The minimum absolute atomic E-state index is 0.180. The van der Waals surface area contributed by atoms with Gasteiger partial charge in [-0.3, -0.25) is 14.9 Å². The molecule has 0 bridgehead atoms. The number of pyridine rings is 2. The first-order chi connectivity index (χ1) is 16.4. The first-order valence-corrected chi connectivity index (χ1v) is 11.4. The van der Waals surface area contributed by atoms with Gasteiger partial charge in [0, 0.05) is 29.9 Å². The molecule has 1 fully saturated rings. The van der Waals surface area contributed by atoms with E-state index in [1.807, 2.05) is 32.2 Å². The number of hydrogen-bond acceptors (Lipinski definition) is 6. The lowest BCUT2D eigenvalue weighted by molar-refractivity contribution is 0.0985. The lowest BCUT2D eigenvalue weighted by Crippen LogP contribution is -2.44. The van der Waals surface area contributed by atoms with Crippen LogP contribution in [0.5, 0.6) is 0 Å². The van der Waals surface area contributed by atoms with E-state index in [-0.39, 0.29) is 6.04 Å². The van der Waals surface area contributed by atoms with Gasteiger partial charge in [-0.05, 0) is 73.7 Å². The van der Waals surface area contributed by atoms with Gasteiger partial charge in [-0.25, -0.2) is 4.98 Å². The van der Waals surface area contributed by atoms with Crippen LogP contribution in [-0.4, -0.2) is 51.9 Å². The summed E-state index contributed by atoms with van der Waals surface area (Å²) in [5.74, 6) is 0.422. The molecule has 0 spiro atoms. The summed E-state index contributed by atoms with van der Waals surface area (Å²) in [6, 6.07) is 7.97. The molecule has 1 atom stereocenters. The van der Waals surface area contributed by atoms with Crippen molar-refractivity contribution in [2.75, 3.05) is 24.7 Å². The molecule has 0 saturated carbocycles. The molecule has 3 N–H and O–H groups in total. The highest BCUT2D eigenvalue weighted by Crippen LogP contribution is 2.40. The van der Waals surface area contributed by atoms with Crippen LogP contribution in [0.2, 0.25) is 0 Å². The zero-order valence-corrected chi connectivity index (χ0v) is 19.8. The van der Waals surface area contributed by atoms with Crippen LogP contribution >= 0.6 is 0 Å². The normalized spacial score (nSPS) is 16.2. The van der Waals surface area contributed by atoms with Gasteiger partial charge in [0.25, 0.3) is 0 Å². The van der Waals surface area contributed by atoms with Gasteiger partial charge >= 0.3 is 0 Å². The number of aromatic amines is 1. The standard InChI is InChI=1S/C26H28N6O2/c1-14-5-6-18(26(27)33)17(4)22(14)19-11-21(32-9-10-34-13-16(32)3)30-25-23(19)15(2)12-28-24(25)20-7-8-29-31-20/h5-8,11-12,16H,9-10,13H2,1-4H3,(H2,27,33)(H,29,31)/t16-/m1/s1. The monoisotopic (exact) mass is 456 g/mol. The second kappa shape index (κ2) is 8.53. The van der Waals surface area contributed by atoms with E-state index in [4.69, 9.17) is 20.4 Å². The maximum atomic E-state index is 12.2. The van der Waals surface area contributed by atoms with E-state index >= 15 is 0 Å². The molecule has 1 aliphatic heterocycles. The summed E-state index contributed by atoms with van der Waals surface area (Å²) in [5.41, 5.74) is 13.5. The molecule has 1 saturated heterocycles. The lowest BCUT2D eigenvalue weighted by Gasteiger charge is -2.35. The number of rotatable bonds is 4. The van der Waals surface area contributed by atoms with Crippen molar-refractivity contribution >= 4 is 22.6 Å². The van der Waals surface area contributed by atoms with E-state index in [2.05, 4.69) is 35.0 Å². The molecule has 1 aromatic carbocycles. The summed E-state index contributed by atoms with van der Waals surface area (Å²) < 4.78 is 5.67. The quantitative estimate of drug-likeness (QED) is 0.481. The number of fused-ring (bicyclic) bond motifs is 1. The summed E-state index contributed by atoms with van der Waals surface area (Å²) in [5, 5.41) is 8.15. The Hall–Kier alpha value is -3.78. The molecule has 8 nitrogen and oxygen atoms in total. The van der Waals surface area contributed by atoms with Gasteiger partial charge in [0.15, 0.2) is 0 Å². The number of benzene rings is 1. The number of aryl methyl sites for hydroxylation is 2. The van der Waals surface area contributed by atoms with Crippen LogP contribution in [0, 0.1) is 20.8 Å². The molecular weight excluding hydrogens is 428 g/mol. The number of ether oxygens (including phenoxy) is 1. The van der Waals surface area contributed by atoms with Gasteiger partial charge < -0.3 is 15.4 Å². The molecule has 4 heterocycles. The minimum Gasteiger partial charge on any atom is -0.377 e. The van der Waals surface area contributed by atoms with Crippen LogP contribution in [0.25, 0.3) is 33.4 Å². The smallest absolute Gasteiger partial charge is 0.248 e. The lowest BCUT2D eigenvalue weighted by atomic mass is 9.89. The van der Waals surface area contributed by atoms with E-state index in [1.165, 1.54) is 0 Å². The molecule has 0 aliphatic carbocycles. The highest BCUT2D eigenvalue weighted by atomic mass is 16.5. The van der Waals surface area contributed by atoms with Gasteiger partial charge in [0.05, 0.1) is 24.9 Å². The Bertz CT molecular complexity index is 1400. The van der Waals surface area contributed by atoms with Crippen LogP contribution in [0.15, 0.2) is 36.7 Å². The third kappa shape index (κ3) is 3.60. The number of carbonyl (C=O) groups excluding carboxylic acids is 1. The molecule has 4 aromatic rings. The zero-order chi connectivity index (χ0) is 24.0. The number of nitrogens with one attached hydrogen (secondary N) is 1. The molecule has 0 radical (unpaired) electrons. The Morgan fingerprint density at radius 2 is 2.03 bits per heavy atom. The predicted molar refractivity (Wildman–Crippen MR) is 133 cm³/mol. The number of anilines is 1. The third-order valence-corrected chi connectivity index (χ3v) is 6.64. The van der Waals surface area contributed by atoms with E-state index in [0.717, 1.165) is 62.5 Å². The molecule has 3 aromatic heterocycles. The number of nitrogens with zero attached hydrogens (tertiary/aromatic N) is 4. The summed E-state index contributed by atoms with van der Waals surface area (Å²) in [4.78, 5) is 24.3. The minimum atomic E-state index is -0.435. The maximum Gasteiger partial charge on any atom is 0.248 e. The number of hydrogen-bond donors (Lipinski definition) is 2. The van der Waals surface area contributed by atoms with Crippen molar-refractivity contribution in [3.05, 3.63) is 58.9 Å². The Morgan fingerprint density at radius 1 is 1.21 bits per heavy atom. The zero-order valence-electron chi connectivity index (χ0n) is 19.8. The first-order valence-electron chi connectivity index (χ1n) is 11.4. The predicted octanol–water partition coefficient (Wildman–Crippen LogP) is 3.94. The second-order valence-corrected chi connectivity index (χ2v) is 8.92. The largest absolute Gasteiger partial charge is 0.377 e. The SMILES string of the molecule is Cc1ccc(C(N)=O)c(C)c1-c1cc(N2CCOC[C@H]2C)nc2c(-c3ccn[nH]3)ncc(C)c12. The summed E-state index contributed by atoms with van der Waals surface area (Å²) in [7, 11) is 0. The number of aromatic nitrogens is 4. The molecule has 34 heavy (non-hydrogen) atoms. The van der Waals surface area contributed by atoms with Crippen molar-refractivity contribution in [1.29, 1.82) is 0 Å². The average molecular weight is 457 g/mol. The number of morpholine rings is 1. The van der Waals surface area contributed by atoms with Gasteiger partial charge in [-0.15, -0.1) is 0 Å². The van der Waals surface area contributed by atoms with Gasteiger partial charge in [-0.1, -0.05) is 6.07 Å². The number of amides is 1. The fourth-order valence-electron chi connectivity index (χ4n) is 4.91. The van der Waals surface area contributed by atoms with Crippen LogP contribution in [0.4, 0.5) is 5.82 Å². The van der Waals surface area contributed by atoms with Crippen LogP contribution in [0.1, 0.15) is 34.0 Å². The number of primary amides is 1. The van der Waals surface area contributed by atoms with E-state index in [9.17, 15) is 4.79 Å². The Morgan fingerprint density at radius 3 is 2.74 bits per heavy atom. The van der Waals surface area contributed by atoms with Crippen molar-refractivity contribution in [2.24, 2.45) is 5.73 Å². The average Bonchev–Trinajstić information content (AvgIpc) is 3.34. The van der Waals surface area contributed by atoms with E-state index in [0.29, 0.717) is 18.8 Å². The van der Waals surface area contributed by atoms with Crippen molar-refractivity contribution in [2.45, 2.75) is 33.7 Å². The van der Waals surface area contributed by atoms with Gasteiger partial charge in [-0.2, -0.15) is 5.10 Å². The summed E-state index contributed by atoms with van der Waals surface area (Å²) >= 11 is 0. The Kier molecular flexibility index (Phi) is 5.53. The van der Waals surface area contributed by atoms with Crippen molar-refractivity contribution in [3.63, 3.8) is 0 Å². The van der Waals surface area contributed by atoms with Crippen molar-refractivity contribution in [1.82, 2.24) is 20.2 Å².